The Labute approximate surface area is 82.1 Å². The maximum absolute atomic E-state index is 13.1. The number of carbonyl (C=O) groups excluding carboxylic acids is 1. The van der Waals surface area contributed by atoms with E-state index in [0.29, 0.717) is 18.7 Å². The lowest BCUT2D eigenvalue weighted by Gasteiger charge is -2.03. The number of carbonyl (C=O) groups is 1. The summed E-state index contributed by atoms with van der Waals surface area (Å²) in [6.07, 6.45) is 0.0622. The molecule has 0 aliphatic carbocycles. The Balaban J connectivity index is 2.52. The minimum absolute atomic E-state index is 0.0622. The SMILES string of the molecule is NCCNC(=O)Cc1ccccc1F. The Hall–Kier alpha value is -1.42. The number of halogens is 1. The molecule has 0 fully saturated rings. The van der Waals surface area contributed by atoms with Crippen LogP contribution in [0, 0.1) is 5.82 Å². The maximum Gasteiger partial charge on any atom is 0.224 e. The van der Waals surface area contributed by atoms with Gasteiger partial charge in [-0.3, -0.25) is 4.79 Å². The van der Waals surface area contributed by atoms with E-state index in [2.05, 4.69) is 5.32 Å². The summed E-state index contributed by atoms with van der Waals surface area (Å²) < 4.78 is 13.1. The van der Waals surface area contributed by atoms with Crippen molar-refractivity contribution in [2.24, 2.45) is 5.73 Å². The molecule has 0 aliphatic rings. The molecule has 0 aromatic heterocycles. The molecule has 1 rings (SSSR count). The maximum atomic E-state index is 13.1. The number of hydrogen-bond acceptors (Lipinski definition) is 2. The Morgan fingerprint density at radius 2 is 2.14 bits per heavy atom. The molecule has 4 heteroatoms. The van der Waals surface area contributed by atoms with Gasteiger partial charge in [0, 0.05) is 13.1 Å². The summed E-state index contributed by atoms with van der Waals surface area (Å²) >= 11 is 0. The lowest BCUT2D eigenvalue weighted by atomic mass is 10.1. The topological polar surface area (TPSA) is 55.1 Å². The second-order valence-electron chi connectivity index (χ2n) is 2.91. The molecule has 1 amide bonds. The number of rotatable bonds is 4. The van der Waals surface area contributed by atoms with Crippen LogP contribution in [0.1, 0.15) is 5.56 Å². The van der Waals surface area contributed by atoms with Crippen molar-refractivity contribution in [2.75, 3.05) is 13.1 Å². The molecule has 0 saturated carbocycles. The summed E-state index contributed by atoms with van der Waals surface area (Å²) in [5.41, 5.74) is 5.62. The number of nitrogens with one attached hydrogen (secondary N) is 1. The van der Waals surface area contributed by atoms with Crippen molar-refractivity contribution in [2.45, 2.75) is 6.42 Å². The number of benzene rings is 1. The van der Waals surface area contributed by atoms with E-state index in [1.54, 1.807) is 18.2 Å². The van der Waals surface area contributed by atoms with Gasteiger partial charge in [-0.05, 0) is 11.6 Å². The predicted octanol–water partition coefficient (Wildman–Crippen LogP) is 0.443. The third kappa shape index (κ3) is 3.14. The first-order valence-corrected chi connectivity index (χ1v) is 4.44. The van der Waals surface area contributed by atoms with Crippen molar-refractivity contribution in [1.82, 2.24) is 5.32 Å². The van der Waals surface area contributed by atoms with E-state index in [-0.39, 0.29) is 18.1 Å². The van der Waals surface area contributed by atoms with Gasteiger partial charge in [-0.2, -0.15) is 0 Å². The zero-order valence-electron chi connectivity index (χ0n) is 7.79. The molecule has 76 valence electrons. The molecule has 1 aromatic carbocycles. The fourth-order valence-electron chi connectivity index (χ4n) is 1.09. The highest BCUT2D eigenvalue weighted by molar-refractivity contribution is 5.78. The lowest BCUT2D eigenvalue weighted by Crippen LogP contribution is -2.30. The molecule has 0 atom stereocenters. The van der Waals surface area contributed by atoms with Crippen LogP contribution in [-0.4, -0.2) is 19.0 Å². The van der Waals surface area contributed by atoms with Gasteiger partial charge in [-0.15, -0.1) is 0 Å². The van der Waals surface area contributed by atoms with E-state index in [1.807, 2.05) is 0 Å². The van der Waals surface area contributed by atoms with Crippen molar-refractivity contribution in [3.8, 4) is 0 Å². The Morgan fingerprint density at radius 3 is 2.79 bits per heavy atom. The van der Waals surface area contributed by atoms with Crippen LogP contribution >= 0.6 is 0 Å². The molecule has 0 aliphatic heterocycles. The van der Waals surface area contributed by atoms with Crippen LogP contribution in [0.5, 0.6) is 0 Å². The summed E-state index contributed by atoms with van der Waals surface area (Å²) in [6.45, 7) is 0.816. The van der Waals surface area contributed by atoms with E-state index < -0.39 is 0 Å². The molecule has 0 spiro atoms. The van der Waals surface area contributed by atoms with E-state index in [4.69, 9.17) is 5.73 Å². The van der Waals surface area contributed by atoms with Crippen molar-refractivity contribution < 1.29 is 9.18 Å². The minimum Gasteiger partial charge on any atom is -0.355 e. The Morgan fingerprint density at radius 1 is 1.43 bits per heavy atom. The molecular formula is C10H13FN2O. The van der Waals surface area contributed by atoms with Gasteiger partial charge in [-0.1, -0.05) is 18.2 Å². The highest BCUT2D eigenvalue weighted by Crippen LogP contribution is 2.06. The quantitative estimate of drug-likeness (QED) is 0.734. The van der Waals surface area contributed by atoms with E-state index in [0.717, 1.165) is 0 Å². The van der Waals surface area contributed by atoms with Crippen LogP contribution < -0.4 is 11.1 Å². The molecule has 0 heterocycles. The molecular weight excluding hydrogens is 183 g/mol. The van der Waals surface area contributed by atoms with Crippen molar-refractivity contribution in [1.29, 1.82) is 0 Å². The molecule has 1 aromatic rings. The summed E-state index contributed by atoms with van der Waals surface area (Å²) in [5.74, 6) is -0.559. The first kappa shape index (κ1) is 10.7. The molecule has 0 bridgehead atoms. The lowest BCUT2D eigenvalue weighted by molar-refractivity contribution is -0.120. The van der Waals surface area contributed by atoms with Crippen LogP contribution in [-0.2, 0) is 11.2 Å². The fourth-order valence-corrected chi connectivity index (χ4v) is 1.09. The van der Waals surface area contributed by atoms with E-state index in [1.165, 1.54) is 6.07 Å². The van der Waals surface area contributed by atoms with Gasteiger partial charge in [0.2, 0.25) is 5.91 Å². The van der Waals surface area contributed by atoms with Gasteiger partial charge < -0.3 is 11.1 Å². The van der Waals surface area contributed by atoms with Crippen LogP contribution in [0.4, 0.5) is 4.39 Å². The van der Waals surface area contributed by atoms with E-state index in [9.17, 15) is 9.18 Å². The number of nitrogens with two attached hydrogens (primary N) is 1. The predicted molar refractivity (Wildman–Crippen MR) is 52.2 cm³/mol. The number of hydrogen-bond donors (Lipinski definition) is 2. The fraction of sp³-hybridized carbons (Fsp3) is 0.300. The van der Waals surface area contributed by atoms with E-state index >= 15 is 0 Å². The average Bonchev–Trinajstić information content (AvgIpc) is 2.18. The standard InChI is InChI=1S/C10H13FN2O/c11-9-4-2-1-3-8(9)7-10(14)13-6-5-12/h1-4H,5-7,12H2,(H,13,14). The van der Waals surface area contributed by atoms with Crippen molar-refractivity contribution in [3.63, 3.8) is 0 Å². The van der Waals surface area contributed by atoms with Gasteiger partial charge in [0.1, 0.15) is 5.82 Å². The van der Waals surface area contributed by atoms with Gasteiger partial charge in [-0.25, -0.2) is 4.39 Å². The van der Waals surface area contributed by atoms with Crippen LogP contribution in [0.25, 0.3) is 0 Å². The van der Waals surface area contributed by atoms with Gasteiger partial charge in [0.15, 0.2) is 0 Å². The molecule has 3 N–H and O–H groups in total. The van der Waals surface area contributed by atoms with Crippen LogP contribution in [0.3, 0.4) is 0 Å². The second-order valence-corrected chi connectivity index (χ2v) is 2.91. The molecule has 3 nitrogen and oxygen atoms in total. The molecule has 0 radical (unpaired) electrons. The largest absolute Gasteiger partial charge is 0.355 e. The van der Waals surface area contributed by atoms with Crippen LogP contribution in [0.2, 0.25) is 0 Å². The monoisotopic (exact) mass is 196 g/mol. The zero-order valence-corrected chi connectivity index (χ0v) is 7.79. The second kappa shape index (κ2) is 5.34. The zero-order chi connectivity index (χ0) is 10.4. The Kier molecular flexibility index (Phi) is 4.07. The summed E-state index contributed by atoms with van der Waals surface area (Å²) in [4.78, 5) is 11.2. The highest BCUT2D eigenvalue weighted by Gasteiger charge is 2.05. The third-order valence-electron chi connectivity index (χ3n) is 1.78. The summed E-state index contributed by atoms with van der Waals surface area (Å²) in [6, 6.07) is 6.23. The van der Waals surface area contributed by atoms with Gasteiger partial charge >= 0.3 is 0 Å². The molecule has 0 saturated heterocycles. The molecule has 14 heavy (non-hydrogen) atoms. The average molecular weight is 196 g/mol. The first-order valence-electron chi connectivity index (χ1n) is 4.44. The summed E-state index contributed by atoms with van der Waals surface area (Å²) in [7, 11) is 0. The first-order chi connectivity index (χ1) is 6.74. The van der Waals surface area contributed by atoms with Gasteiger partial charge in [0.25, 0.3) is 0 Å². The number of amides is 1. The van der Waals surface area contributed by atoms with Crippen molar-refractivity contribution in [3.05, 3.63) is 35.6 Å². The van der Waals surface area contributed by atoms with Gasteiger partial charge in [0.05, 0.1) is 6.42 Å². The van der Waals surface area contributed by atoms with Crippen molar-refractivity contribution >= 4 is 5.91 Å². The third-order valence-corrected chi connectivity index (χ3v) is 1.78. The van der Waals surface area contributed by atoms with Crippen LogP contribution in [0.15, 0.2) is 24.3 Å². The Bertz CT molecular complexity index is 315. The highest BCUT2D eigenvalue weighted by atomic mass is 19.1. The normalized spacial score (nSPS) is 9.86. The smallest absolute Gasteiger partial charge is 0.224 e. The molecule has 0 unspecified atom stereocenters. The minimum atomic E-state index is -0.351. The summed E-state index contributed by atoms with van der Waals surface area (Å²) in [5, 5.41) is 2.58.